The number of carbonyl (C=O) groups excluding carboxylic acids is 2. The molecule has 1 aromatic heterocycles. The number of halogens is 1. The van der Waals surface area contributed by atoms with Gasteiger partial charge in [-0.25, -0.2) is 0 Å². The zero-order valence-electron chi connectivity index (χ0n) is 11.7. The van der Waals surface area contributed by atoms with Crippen molar-refractivity contribution in [1.82, 2.24) is 9.97 Å². The average Bonchev–Trinajstić information content (AvgIpc) is 2.45. The Morgan fingerprint density at radius 1 is 1.39 bits per heavy atom. The predicted molar refractivity (Wildman–Crippen MR) is 84.8 cm³/mol. The number of rotatable bonds is 3. The monoisotopic (exact) mass is 333 g/mol. The fourth-order valence-electron chi connectivity index (χ4n) is 2.38. The van der Waals surface area contributed by atoms with Crippen LogP contribution in [0.25, 0.3) is 0 Å². The maximum absolute atomic E-state index is 12.2. The second-order valence-electron chi connectivity index (χ2n) is 5.02. The normalized spacial score (nSPS) is 16.4. The van der Waals surface area contributed by atoms with E-state index < -0.39 is 23.3 Å². The van der Waals surface area contributed by atoms with Crippen molar-refractivity contribution in [3.63, 3.8) is 0 Å². The largest absolute Gasteiger partial charge is 0.369 e. The fourth-order valence-corrected chi connectivity index (χ4v) is 2.57. The molecule has 118 valence electrons. The quantitative estimate of drug-likeness (QED) is 0.667. The molecule has 3 rings (SSSR count). The zero-order valence-corrected chi connectivity index (χ0v) is 12.5. The molecule has 5 N–H and O–H groups in total. The molecule has 9 heteroatoms. The lowest BCUT2D eigenvalue weighted by Gasteiger charge is -2.21. The highest BCUT2D eigenvalue weighted by molar-refractivity contribution is 6.30. The van der Waals surface area contributed by atoms with E-state index in [4.69, 9.17) is 17.3 Å². The number of amides is 2. The van der Waals surface area contributed by atoms with Gasteiger partial charge in [-0.15, -0.1) is 0 Å². The summed E-state index contributed by atoms with van der Waals surface area (Å²) < 4.78 is 0. The van der Waals surface area contributed by atoms with E-state index in [9.17, 15) is 14.4 Å². The molecule has 0 bridgehead atoms. The van der Waals surface area contributed by atoms with Crippen LogP contribution < -0.4 is 21.9 Å². The van der Waals surface area contributed by atoms with Gasteiger partial charge in [-0.3, -0.25) is 19.4 Å². The summed E-state index contributed by atoms with van der Waals surface area (Å²) in [6.07, 6.45) is -0.172. The third kappa shape index (κ3) is 3.02. The Balaban J connectivity index is 2.01. The van der Waals surface area contributed by atoms with Gasteiger partial charge in [-0.2, -0.15) is 4.98 Å². The molecule has 0 saturated carbocycles. The van der Waals surface area contributed by atoms with Crippen LogP contribution in [0.15, 0.2) is 29.1 Å². The van der Waals surface area contributed by atoms with Gasteiger partial charge in [-0.1, -0.05) is 17.7 Å². The molecule has 0 fully saturated rings. The Hall–Kier alpha value is -2.87. The topological polar surface area (TPSA) is 130 Å². The molecular weight excluding hydrogens is 322 g/mol. The van der Waals surface area contributed by atoms with Crippen molar-refractivity contribution in [3.05, 3.63) is 45.2 Å². The van der Waals surface area contributed by atoms with E-state index in [1.807, 2.05) is 0 Å². The van der Waals surface area contributed by atoms with Crippen molar-refractivity contribution in [1.29, 1.82) is 0 Å². The van der Waals surface area contributed by atoms with Gasteiger partial charge in [0.2, 0.25) is 17.8 Å². The highest BCUT2D eigenvalue weighted by Crippen LogP contribution is 2.28. The van der Waals surface area contributed by atoms with Gasteiger partial charge in [-0.05, 0) is 18.2 Å². The minimum Gasteiger partial charge on any atom is -0.369 e. The standard InChI is InChI=1S/C14H12ClN5O3/c15-6-2-1-3-7(4-6)17-14-19-12-10(13(23)20-14)8(11(16)22)5-9(21)18-12/h1-4,8H,5H2,(H2,16,22)(H3,17,18,19,20,21,23)/t8-/m1/s1. The van der Waals surface area contributed by atoms with Gasteiger partial charge in [0.1, 0.15) is 5.82 Å². The second-order valence-corrected chi connectivity index (χ2v) is 5.46. The fraction of sp³-hybridized carbons (Fsp3) is 0.143. The number of aromatic amines is 1. The lowest BCUT2D eigenvalue weighted by Crippen LogP contribution is -2.36. The highest BCUT2D eigenvalue weighted by atomic mass is 35.5. The Morgan fingerprint density at radius 3 is 2.87 bits per heavy atom. The van der Waals surface area contributed by atoms with Crippen LogP contribution >= 0.6 is 11.6 Å². The van der Waals surface area contributed by atoms with E-state index >= 15 is 0 Å². The summed E-state index contributed by atoms with van der Waals surface area (Å²) in [5.41, 5.74) is 5.39. The Bertz CT molecular complexity index is 864. The van der Waals surface area contributed by atoms with Crippen molar-refractivity contribution >= 4 is 40.9 Å². The molecule has 23 heavy (non-hydrogen) atoms. The first kappa shape index (κ1) is 15.0. The number of primary amides is 1. The van der Waals surface area contributed by atoms with Gasteiger partial charge in [0.05, 0.1) is 11.5 Å². The Morgan fingerprint density at radius 2 is 2.17 bits per heavy atom. The molecule has 0 saturated heterocycles. The van der Waals surface area contributed by atoms with Gasteiger partial charge in [0.15, 0.2) is 0 Å². The number of carbonyl (C=O) groups is 2. The molecule has 0 spiro atoms. The van der Waals surface area contributed by atoms with E-state index in [0.29, 0.717) is 10.7 Å². The Labute approximate surface area is 135 Å². The molecular formula is C14H12ClN5O3. The van der Waals surface area contributed by atoms with Crippen LogP contribution in [0, 0.1) is 0 Å². The van der Waals surface area contributed by atoms with Crippen LogP contribution in [0.3, 0.4) is 0 Å². The number of H-pyrrole nitrogens is 1. The second kappa shape index (κ2) is 5.73. The number of nitrogens with two attached hydrogens (primary N) is 1. The number of nitrogens with zero attached hydrogens (tertiary/aromatic N) is 1. The summed E-state index contributed by atoms with van der Waals surface area (Å²) in [6.45, 7) is 0. The van der Waals surface area contributed by atoms with Crippen molar-refractivity contribution < 1.29 is 9.59 Å². The third-order valence-electron chi connectivity index (χ3n) is 3.38. The Kier molecular flexibility index (Phi) is 3.75. The maximum Gasteiger partial charge on any atom is 0.258 e. The smallest absolute Gasteiger partial charge is 0.258 e. The summed E-state index contributed by atoms with van der Waals surface area (Å²) in [4.78, 5) is 42.0. The zero-order chi connectivity index (χ0) is 16.6. The van der Waals surface area contributed by atoms with Gasteiger partial charge in [0, 0.05) is 17.1 Å². The molecule has 2 heterocycles. The van der Waals surface area contributed by atoms with Gasteiger partial charge < -0.3 is 16.4 Å². The van der Waals surface area contributed by atoms with E-state index in [1.165, 1.54) is 0 Å². The summed E-state index contributed by atoms with van der Waals surface area (Å²) in [6, 6.07) is 6.81. The first-order valence-electron chi connectivity index (χ1n) is 6.70. The third-order valence-corrected chi connectivity index (χ3v) is 3.62. The van der Waals surface area contributed by atoms with E-state index in [2.05, 4.69) is 20.6 Å². The van der Waals surface area contributed by atoms with Crippen LogP contribution in [0.4, 0.5) is 17.5 Å². The van der Waals surface area contributed by atoms with Crippen LogP contribution in [0.2, 0.25) is 5.02 Å². The molecule has 0 unspecified atom stereocenters. The predicted octanol–water partition coefficient (Wildman–Crippen LogP) is 1.08. The number of nitrogens with one attached hydrogen (secondary N) is 3. The molecule has 0 aliphatic carbocycles. The summed E-state index contributed by atoms with van der Waals surface area (Å²) in [5, 5.41) is 5.87. The molecule has 1 aliphatic heterocycles. The summed E-state index contributed by atoms with van der Waals surface area (Å²) >= 11 is 5.89. The lowest BCUT2D eigenvalue weighted by atomic mass is 9.93. The van der Waals surface area contributed by atoms with Crippen LogP contribution in [0.5, 0.6) is 0 Å². The van der Waals surface area contributed by atoms with E-state index in [0.717, 1.165) is 0 Å². The average molecular weight is 334 g/mol. The summed E-state index contributed by atoms with van der Waals surface area (Å²) in [7, 11) is 0. The number of benzene rings is 1. The summed E-state index contributed by atoms with van der Waals surface area (Å²) in [5.74, 6) is -2.02. The number of hydrogen-bond donors (Lipinski definition) is 4. The van der Waals surface area contributed by atoms with E-state index in [-0.39, 0.29) is 23.8 Å². The number of fused-ring (bicyclic) bond motifs is 1. The van der Waals surface area contributed by atoms with Crippen molar-refractivity contribution in [2.24, 2.45) is 5.73 Å². The maximum atomic E-state index is 12.2. The minimum absolute atomic E-state index is 0.0262. The molecule has 1 aromatic carbocycles. The first-order valence-corrected chi connectivity index (χ1v) is 7.08. The van der Waals surface area contributed by atoms with Crippen LogP contribution in [-0.4, -0.2) is 21.8 Å². The molecule has 8 nitrogen and oxygen atoms in total. The van der Waals surface area contributed by atoms with Gasteiger partial charge in [0.25, 0.3) is 5.56 Å². The SMILES string of the molecule is NC(=O)[C@@H]1CC(=O)Nc2nc(Nc3cccc(Cl)c3)[nH]c(=O)c21. The first-order chi connectivity index (χ1) is 10.9. The molecule has 0 radical (unpaired) electrons. The van der Waals surface area contributed by atoms with Crippen LogP contribution in [-0.2, 0) is 9.59 Å². The van der Waals surface area contributed by atoms with Crippen LogP contribution in [0.1, 0.15) is 17.9 Å². The molecule has 2 aromatic rings. The van der Waals surface area contributed by atoms with Crippen molar-refractivity contribution in [3.8, 4) is 0 Å². The minimum atomic E-state index is -0.991. The van der Waals surface area contributed by atoms with Crippen molar-refractivity contribution in [2.75, 3.05) is 10.6 Å². The van der Waals surface area contributed by atoms with Gasteiger partial charge >= 0.3 is 0 Å². The van der Waals surface area contributed by atoms with E-state index in [1.54, 1.807) is 24.3 Å². The van der Waals surface area contributed by atoms with Crippen molar-refractivity contribution in [2.45, 2.75) is 12.3 Å². The highest BCUT2D eigenvalue weighted by Gasteiger charge is 2.33. The number of anilines is 3. The molecule has 1 aliphatic rings. The number of hydrogen-bond acceptors (Lipinski definition) is 5. The number of aromatic nitrogens is 2. The molecule has 2 amide bonds. The lowest BCUT2D eigenvalue weighted by molar-refractivity contribution is -0.124. The molecule has 1 atom stereocenters.